The van der Waals surface area contributed by atoms with E-state index in [2.05, 4.69) is 15.3 Å². The van der Waals surface area contributed by atoms with Gasteiger partial charge in [0, 0.05) is 26.3 Å². The Morgan fingerprint density at radius 1 is 1.30 bits per heavy atom. The minimum atomic E-state index is -0.220. The fraction of sp³-hybridized carbons (Fsp3) is 0.333. The number of benzene rings is 1. The first-order valence-electron chi connectivity index (χ1n) is 6.66. The van der Waals surface area contributed by atoms with Gasteiger partial charge in [-0.1, -0.05) is 19.1 Å². The summed E-state index contributed by atoms with van der Waals surface area (Å²) in [4.78, 5) is 10.7. The van der Waals surface area contributed by atoms with Crippen LogP contribution in [0.2, 0.25) is 0 Å². The van der Waals surface area contributed by atoms with E-state index in [9.17, 15) is 4.39 Å². The SMILES string of the molecule is CCNCc1cncc(N(C)Cc2cccc(F)c2)n1. The van der Waals surface area contributed by atoms with Gasteiger partial charge in [0.1, 0.15) is 11.6 Å². The highest BCUT2D eigenvalue weighted by Gasteiger charge is 2.06. The molecule has 0 atom stereocenters. The Labute approximate surface area is 118 Å². The lowest BCUT2D eigenvalue weighted by molar-refractivity contribution is 0.625. The van der Waals surface area contributed by atoms with E-state index >= 15 is 0 Å². The Balaban J connectivity index is 2.06. The molecule has 20 heavy (non-hydrogen) atoms. The van der Waals surface area contributed by atoms with E-state index in [1.807, 2.05) is 24.9 Å². The molecule has 0 saturated heterocycles. The molecule has 0 bridgehead atoms. The standard InChI is InChI=1S/C15H19FN4/c1-3-17-8-14-9-18-10-15(19-14)20(2)11-12-5-4-6-13(16)7-12/h4-7,9-10,17H,3,8,11H2,1-2H3. The van der Waals surface area contributed by atoms with Gasteiger partial charge in [0.15, 0.2) is 0 Å². The summed E-state index contributed by atoms with van der Waals surface area (Å²) in [5.74, 6) is 0.563. The highest BCUT2D eigenvalue weighted by atomic mass is 19.1. The number of hydrogen-bond acceptors (Lipinski definition) is 4. The van der Waals surface area contributed by atoms with Crippen LogP contribution in [0, 0.1) is 5.82 Å². The molecule has 1 aromatic carbocycles. The second kappa shape index (κ2) is 6.96. The summed E-state index contributed by atoms with van der Waals surface area (Å²) < 4.78 is 13.2. The Kier molecular flexibility index (Phi) is 5.01. The van der Waals surface area contributed by atoms with Gasteiger partial charge < -0.3 is 10.2 Å². The molecule has 0 aliphatic heterocycles. The molecular formula is C15H19FN4. The molecule has 0 aliphatic carbocycles. The maximum absolute atomic E-state index is 13.2. The highest BCUT2D eigenvalue weighted by Crippen LogP contribution is 2.13. The van der Waals surface area contributed by atoms with E-state index in [0.29, 0.717) is 13.1 Å². The average Bonchev–Trinajstić information content (AvgIpc) is 2.45. The molecule has 2 rings (SSSR count). The van der Waals surface area contributed by atoms with Crippen molar-refractivity contribution in [2.75, 3.05) is 18.5 Å². The van der Waals surface area contributed by atoms with Crippen molar-refractivity contribution in [2.24, 2.45) is 0 Å². The number of aromatic nitrogens is 2. The van der Waals surface area contributed by atoms with Gasteiger partial charge in [-0.15, -0.1) is 0 Å². The summed E-state index contributed by atoms with van der Waals surface area (Å²) in [7, 11) is 1.92. The van der Waals surface area contributed by atoms with Crippen molar-refractivity contribution in [3.63, 3.8) is 0 Å². The molecule has 0 spiro atoms. The van der Waals surface area contributed by atoms with E-state index in [4.69, 9.17) is 0 Å². The van der Waals surface area contributed by atoms with Gasteiger partial charge in [-0.25, -0.2) is 9.37 Å². The van der Waals surface area contributed by atoms with Crippen LogP contribution in [0.15, 0.2) is 36.7 Å². The monoisotopic (exact) mass is 274 g/mol. The molecule has 4 nitrogen and oxygen atoms in total. The molecule has 0 amide bonds. The minimum Gasteiger partial charge on any atom is -0.354 e. The van der Waals surface area contributed by atoms with Crippen molar-refractivity contribution in [3.8, 4) is 0 Å². The van der Waals surface area contributed by atoms with Gasteiger partial charge in [-0.2, -0.15) is 0 Å². The fourth-order valence-electron chi connectivity index (χ4n) is 1.91. The smallest absolute Gasteiger partial charge is 0.147 e. The fourth-order valence-corrected chi connectivity index (χ4v) is 1.91. The molecule has 5 heteroatoms. The number of nitrogens with zero attached hydrogens (tertiary/aromatic N) is 3. The molecule has 2 aromatic rings. The molecule has 1 heterocycles. The van der Waals surface area contributed by atoms with E-state index in [1.54, 1.807) is 18.5 Å². The highest BCUT2D eigenvalue weighted by molar-refractivity contribution is 5.36. The van der Waals surface area contributed by atoms with Crippen molar-refractivity contribution < 1.29 is 4.39 Å². The summed E-state index contributed by atoms with van der Waals surface area (Å²) in [5.41, 5.74) is 1.81. The number of halogens is 1. The average molecular weight is 274 g/mol. The van der Waals surface area contributed by atoms with Crippen LogP contribution in [0.3, 0.4) is 0 Å². The van der Waals surface area contributed by atoms with Crippen LogP contribution < -0.4 is 10.2 Å². The predicted molar refractivity (Wildman–Crippen MR) is 77.9 cm³/mol. The third-order valence-electron chi connectivity index (χ3n) is 2.93. The Hall–Kier alpha value is -2.01. The third kappa shape index (κ3) is 3.99. The molecule has 0 radical (unpaired) electrons. The van der Waals surface area contributed by atoms with Crippen molar-refractivity contribution in [2.45, 2.75) is 20.0 Å². The first kappa shape index (κ1) is 14.4. The normalized spacial score (nSPS) is 10.6. The van der Waals surface area contributed by atoms with Crippen molar-refractivity contribution >= 4 is 5.82 Å². The van der Waals surface area contributed by atoms with Gasteiger partial charge in [-0.3, -0.25) is 4.98 Å². The van der Waals surface area contributed by atoms with Gasteiger partial charge in [0.2, 0.25) is 0 Å². The Morgan fingerprint density at radius 3 is 2.90 bits per heavy atom. The predicted octanol–water partition coefficient (Wildman–Crippen LogP) is 2.36. The molecule has 0 aliphatic rings. The summed E-state index contributed by atoms with van der Waals surface area (Å²) in [6.07, 6.45) is 3.47. The quantitative estimate of drug-likeness (QED) is 0.878. The second-order valence-electron chi connectivity index (χ2n) is 4.63. The molecular weight excluding hydrogens is 255 g/mol. The van der Waals surface area contributed by atoms with Crippen molar-refractivity contribution in [1.29, 1.82) is 0 Å². The van der Waals surface area contributed by atoms with Gasteiger partial charge in [0.05, 0.1) is 11.9 Å². The van der Waals surface area contributed by atoms with Gasteiger partial charge in [0.25, 0.3) is 0 Å². The van der Waals surface area contributed by atoms with Crippen LogP contribution in [0.25, 0.3) is 0 Å². The van der Waals surface area contributed by atoms with E-state index in [0.717, 1.165) is 23.6 Å². The summed E-state index contributed by atoms with van der Waals surface area (Å²) in [6.45, 7) is 4.24. The Morgan fingerprint density at radius 2 is 2.15 bits per heavy atom. The zero-order valence-corrected chi connectivity index (χ0v) is 11.8. The van der Waals surface area contributed by atoms with Crippen LogP contribution in [-0.4, -0.2) is 23.6 Å². The first-order chi connectivity index (χ1) is 9.69. The van der Waals surface area contributed by atoms with Crippen LogP contribution in [-0.2, 0) is 13.1 Å². The molecule has 1 aromatic heterocycles. The molecule has 106 valence electrons. The molecule has 0 unspecified atom stereocenters. The number of anilines is 1. The first-order valence-corrected chi connectivity index (χ1v) is 6.66. The van der Waals surface area contributed by atoms with Gasteiger partial charge in [-0.05, 0) is 24.2 Å². The van der Waals surface area contributed by atoms with E-state index in [1.165, 1.54) is 12.1 Å². The van der Waals surface area contributed by atoms with Crippen molar-refractivity contribution in [1.82, 2.24) is 15.3 Å². The lowest BCUT2D eigenvalue weighted by atomic mass is 10.2. The second-order valence-corrected chi connectivity index (χ2v) is 4.63. The lowest BCUT2D eigenvalue weighted by Crippen LogP contribution is -2.20. The topological polar surface area (TPSA) is 41.1 Å². The maximum atomic E-state index is 13.2. The van der Waals surface area contributed by atoms with Crippen LogP contribution in [0.1, 0.15) is 18.2 Å². The summed E-state index contributed by atoms with van der Waals surface area (Å²) in [6, 6.07) is 6.59. The molecule has 0 saturated carbocycles. The van der Waals surface area contributed by atoms with Crippen LogP contribution >= 0.6 is 0 Å². The largest absolute Gasteiger partial charge is 0.354 e. The Bertz CT molecular complexity index is 559. The number of hydrogen-bond donors (Lipinski definition) is 1. The number of nitrogens with one attached hydrogen (secondary N) is 1. The summed E-state index contributed by atoms with van der Waals surface area (Å²) >= 11 is 0. The van der Waals surface area contributed by atoms with Crippen LogP contribution in [0.4, 0.5) is 10.2 Å². The van der Waals surface area contributed by atoms with Gasteiger partial charge >= 0.3 is 0 Å². The molecule has 0 fully saturated rings. The lowest BCUT2D eigenvalue weighted by Gasteiger charge is -2.18. The van der Waals surface area contributed by atoms with Crippen LogP contribution in [0.5, 0.6) is 0 Å². The number of rotatable bonds is 6. The van der Waals surface area contributed by atoms with E-state index in [-0.39, 0.29) is 5.82 Å². The van der Waals surface area contributed by atoms with Crippen molar-refractivity contribution in [3.05, 3.63) is 53.7 Å². The maximum Gasteiger partial charge on any atom is 0.147 e. The zero-order valence-electron chi connectivity index (χ0n) is 11.8. The minimum absolute atomic E-state index is 0.220. The van der Waals surface area contributed by atoms with E-state index < -0.39 is 0 Å². The zero-order chi connectivity index (χ0) is 14.4. The summed E-state index contributed by atoms with van der Waals surface area (Å²) in [5, 5.41) is 3.22. The third-order valence-corrected chi connectivity index (χ3v) is 2.93. The molecule has 1 N–H and O–H groups in total.